The lowest BCUT2D eigenvalue weighted by Crippen LogP contribution is -1.94. The normalized spacial score (nSPS) is 11.4. The zero-order valence-electron chi connectivity index (χ0n) is 13.5. The van der Waals surface area contributed by atoms with Gasteiger partial charge >= 0.3 is 0 Å². The van der Waals surface area contributed by atoms with E-state index in [0.29, 0.717) is 0 Å². The number of thioether (sulfide) groups is 1. The summed E-state index contributed by atoms with van der Waals surface area (Å²) in [6, 6.07) is 8.22. The summed E-state index contributed by atoms with van der Waals surface area (Å²) >= 11 is 3.43. The van der Waals surface area contributed by atoms with Gasteiger partial charge in [0.15, 0.2) is 11.0 Å². The molecule has 0 aliphatic carbocycles. The van der Waals surface area contributed by atoms with Crippen molar-refractivity contribution in [1.29, 1.82) is 0 Å². The lowest BCUT2D eigenvalue weighted by molar-refractivity contribution is 0.793. The number of pyridine rings is 1. The van der Waals surface area contributed by atoms with Gasteiger partial charge in [-0.1, -0.05) is 24.8 Å². The molecule has 0 amide bonds. The van der Waals surface area contributed by atoms with Crippen LogP contribution in [-0.2, 0) is 19.2 Å². The number of hydrogen-bond acceptors (Lipinski definition) is 5. The van der Waals surface area contributed by atoms with Crippen LogP contribution in [0.4, 0.5) is 0 Å². The molecule has 0 saturated heterocycles. The Balaban J connectivity index is 1.52. The minimum absolute atomic E-state index is 0.775. The number of nitrogens with zero attached hydrogens (tertiary/aromatic N) is 5. The van der Waals surface area contributed by atoms with Crippen molar-refractivity contribution in [1.82, 2.24) is 24.1 Å². The third-order valence-corrected chi connectivity index (χ3v) is 5.99. The quantitative estimate of drug-likeness (QED) is 0.507. The Labute approximate surface area is 148 Å². The van der Waals surface area contributed by atoms with Crippen LogP contribution in [0.3, 0.4) is 0 Å². The predicted molar refractivity (Wildman–Crippen MR) is 98.4 cm³/mol. The second-order valence-electron chi connectivity index (χ2n) is 5.51. The second kappa shape index (κ2) is 6.41. The average Bonchev–Trinajstić information content (AvgIpc) is 3.30. The largest absolute Gasteiger partial charge is 0.307 e. The number of hydrogen-bond donors (Lipinski definition) is 0. The van der Waals surface area contributed by atoms with Crippen molar-refractivity contribution in [3.63, 3.8) is 0 Å². The molecule has 0 atom stereocenters. The summed E-state index contributed by atoms with van der Waals surface area (Å²) < 4.78 is 4.09. The van der Waals surface area contributed by atoms with E-state index in [1.807, 2.05) is 35.8 Å². The van der Waals surface area contributed by atoms with E-state index in [9.17, 15) is 0 Å². The van der Waals surface area contributed by atoms with Crippen molar-refractivity contribution in [3.8, 4) is 11.4 Å². The Morgan fingerprint density at radius 3 is 2.96 bits per heavy atom. The van der Waals surface area contributed by atoms with E-state index in [1.165, 1.54) is 4.88 Å². The number of imidazole rings is 1. The molecule has 0 aliphatic heterocycles. The van der Waals surface area contributed by atoms with Crippen LogP contribution >= 0.6 is 23.1 Å². The molecule has 7 heteroatoms. The third-order valence-electron chi connectivity index (χ3n) is 3.86. The number of aryl methyl sites for hydroxylation is 1. The van der Waals surface area contributed by atoms with Crippen LogP contribution in [0.25, 0.3) is 17.0 Å². The first-order valence-corrected chi connectivity index (χ1v) is 9.63. The lowest BCUT2D eigenvalue weighted by atomic mass is 10.2. The van der Waals surface area contributed by atoms with Crippen molar-refractivity contribution >= 4 is 28.7 Å². The number of rotatable bonds is 5. The Morgan fingerprint density at radius 2 is 2.17 bits per heavy atom. The van der Waals surface area contributed by atoms with Gasteiger partial charge in [0, 0.05) is 41.0 Å². The van der Waals surface area contributed by atoms with Crippen LogP contribution in [0.1, 0.15) is 17.5 Å². The van der Waals surface area contributed by atoms with E-state index in [2.05, 4.69) is 44.3 Å². The summed E-state index contributed by atoms with van der Waals surface area (Å²) in [5.41, 5.74) is 3.16. The zero-order valence-corrected chi connectivity index (χ0v) is 15.1. The van der Waals surface area contributed by atoms with Crippen LogP contribution in [0, 0.1) is 0 Å². The second-order valence-corrected chi connectivity index (χ2v) is 7.45. The van der Waals surface area contributed by atoms with Crippen LogP contribution in [0.2, 0.25) is 0 Å². The first kappa shape index (κ1) is 15.4. The standard InChI is InChI=1S/C17H17N5S2/c1-3-14-8-12(10-23-14)16-19-20-17(21(16)2)24-11-13-9-22-7-5-4-6-15(22)18-13/h4-10H,3,11H2,1-2H3. The van der Waals surface area contributed by atoms with Gasteiger partial charge in [-0.2, -0.15) is 0 Å². The minimum Gasteiger partial charge on any atom is -0.307 e. The van der Waals surface area contributed by atoms with Gasteiger partial charge in [0.05, 0.1) is 5.69 Å². The van der Waals surface area contributed by atoms with E-state index < -0.39 is 0 Å². The highest BCUT2D eigenvalue weighted by Crippen LogP contribution is 2.28. The summed E-state index contributed by atoms with van der Waals surface area (Å²) in [6.07, 6.45) is 5.13. The van der Waals surface area contributed by atoms with E-state index in [-0.39, 0.29) is 0 Å². The molecule has 4 rings (SSSR count). The van der Waals surface area contributed by atoms with Crippen LogP contribution in [0.5, 0.6) is 0 Å². The van der Waals surface area contributed by atoms with Crippen LogP contribution in [-0.4, -0.2) is 24.1 Å². The van der Waals surface area contributed by atoms with Crippen molar-refractivity contribution in [2.45, 2.75) is 24.3 Å². The first-order chi connectivity index (χ1) is 11.7. The fourth-order valence-electron chi connectivity index (χ4n) is 2.57. The van der Waals surface area contributed by atoms with Gasteiger partial charge in [-0.05, 0) is 24.6 Å². The topological polar surface area (TPSA) is 48.0 Å². The molecule has 0 spiro atoms. The highest BCUT2D eigenvalue weighted by Gasteiger charge is 2.13. The molecule has 4 aromatic heterocycles. The minimum atomic E-state index is 0.775. The molecular formula is C17H17N5S2. The maximum atomic E-state index is 4.62. The van der Waals surface area contributed by atoms with Gasteiger partial charge in [-0.3, -0.25) is 0 Å². The molecule has 0 saturated carbocycles. The highest BCUT2D eigenvalue weighted by molar-refractivity contribution is 7.98. The molecule has 0 aromatic carbocycles. The van der Waals surface area contributed by atoms with E-state index in [1.54, 1.807) is 23.1 Å². The van der Waals surface area contributed by atoms with Crippen molar-refractivity contribution in [2.75, 3.05) is 0 Å². The first-order valence-electron chi connectivity index (χ1n) is 7.77. The maximum Gasteiger partial charge on any atom is 0.191 e. The van der Waals surface area contributed by atoms with Crippen molar-refractivity contribution in [2.24, 2.45) is 7.05 Å². The SMILES string of the molecule is CCc1cc(-c2nnc(SCc3cn4ccccc4n3)n2C)cs1. The lowest BCUT2D eigenvalue weighted by Gasteiger charge is -2.01. The summed E-state index contributed by atoms with van der Waals surface area (Å²) in [5, 5.41) is 11.8. The predicted octanol–water partition coefficient (Wildman–Crippen LogP) is 4.05. The molecule has 0 bridgehead atoms. The van der Waals surface area contributed by atoms with Gasteiger partial charge in [0.1, 0.15) is 5.65 Å². The summed E-state index contributed by atoms with van der Waals surface area (Å²) in [7, 11) is 2.02. The summed E-state index contributed by atoms with van der Waals surface area (Å²) in [4.78, 5) is 5.99. The monoisotopic (exact) mass is 355 g/mol. The van der Waals surface area contributed by atoms with E-state index in [0.717, 1.165) is 40.1 Å². The Morgan fingerprint density at radius 1 is 1.25 bits per heavy atom. The molecule has 122 valence electrons. The molecule has 0 N–H and O–H groups in total. The van der Waals surface area contributed by atoms with Gasteiger partial charge in [0.2, 0.25) is 0 Å². The Hall–Kier alpha value is -2.12. The molecule has 4 aromatic rings. The fourth-order valence-corrected chi connectivity index (χ4v) is 4.18. The maximum absolute atomic E-state index is 4.62. The highest BCUT2D eigenvalue weighted by atomic mass is 32.2. The molecule has 0 unspecified atom stereocenters. The smallest absolute Gasteiger partial charge is 0.191 e. The number of thiophene rings is 1. The van der Waals surface area contributed by atoms with Crippen molar-refractivity contribution in [3.05, 3.63) is 52.6 Å². The molecule has 0 aliphatic rings. The Bertz CT molecular complexity index is 949. The number of aromatic nitrogens is 5. The summed E-state index contributed by atoms with van der Waals surface area (Å²) in [6.45, 7) is 2.17. The molecular weight excluding hydrogens is 338 g/mol. The fraction of sp³-hybridized carbons (Fsp3) is 0.235. The van der Waals surface area contributed by atoms with Gasteiger partial charge in [-0.25, -0.2) is 4.98 Å². The molecule has 0 fully saturated rings. The summed E-state index contributed by atoms with van der Waals surface area (Å²) in [5.74, 6) is 1.70. The van der Waals surface area contributed by atoms with Crippen LogP contribution in [0.15, 0.2) is 47.2 Å². The van der Waals surface area contributed by atoms with E-state index >= 15 is 0 Å². The molecule has 4 heterocycles. The third kappa shape index (κ3) is 2.85. The Kier molecular flexibility index (Phi) is 4.12. The molecule has 0 radical (unpaired) electrons. The van der Waals surface area contributed by atoms with Crippen LogP contribution < -0.4 is 0 Å². The molecule has 5 nitrogen and oxygen atoms in total. The average molecular weight is 355 g/mol. The zero-order chi connectivity index (χ0) is 16.5. The van der Waals surface area contributed by atoms with Crippen molar-refractivity contribution < 1.29 is 0 Å². The van der Waals surface area contributed by atoms with Gasteiger partial charge in [-0.15, -0.1) is 21.5 Å². The van der Waals surface area contributed by atoms with Gasteiger partial charge < -0.3 is 8.97 Å². The number of fused-ring (bicyclic) bond motifs is 1. The van der Waals surface area contributed by atoms with Gasteiger partial charge in [0.25, 0.3) is 0 Å². The molecule has 24 heavy (non-hydrogen) atoms. The van der Waals surface area contributed by atoms with E-state index in [4.69, 9.17) is 0 Å².